The Morgan fingerprint density at radius 2 is 1.92 bits per heavy atom. The van der Waals surface area contributed by atoms with Crippen LogP contribution in [0.1, 0.15) is 5.69 Å². The fraction of sp³-hybridized carbons (Fsp3) is 0.0526. The van der Waals surface area contributed by atoms with Crippen LogP contribution in [0.2, 0.25) is 5.02 Å². The number of carbonyl (C=O) groups is 1. The van der Waals surface area contributed by atoms with Crippen LogP contribution in [0.4, 0.5) is 5.69 Å². The first-order valence-corrected chi connectivity index (χ1v) is 8.05. The number of para-hydroxylation sites is 1. The van der Waals surface area contributed by atoms with Crippen molar-refractivity contribution in [3.63, 3.8) is 0 Å². The molecule has 4 rings (SSSR count). The van der Waals surface area contributed by atoms with Crippen LogP contribution in [0.25, 0.3) is 22.5 Å². The van der Waals surface area contributed by atoms with Gasteiger partial charge in [0.15, 0.2) is 5.76 Å². The fourth-order valence-corrected chi connectivity index (χ4v) is 2.74. The Hall–Kier alpha value is -3.05. The maximum absolute atomic E-state index is 12.1. The van der Waals surface area contributed by atoms with Gasteiger partial charge in [0.25, 0.3) is 0 Å². The molecule has 0 bridgehead atoms. The summed E-state index contributed by atoms with van der Waals surface area (Å²) in [5.41, 5.74) is 1.93. The zero-order chi connectivity index (χ0) is 17.2. The standard InChI is InChI=1S/C19H13ClN2O3/c20-13-5-3-6-14(9-13)21-19(23)11-15-10-18(25-22-15)17-8-12-4-1-2-7-16(12)24-17/h1-10H,11H2,(H,21,23). The Kier molecular flexibility index (Phi) is 3.99. The van der Waals surface area contributed by atoms with Gasteiger partial charge in [0, 0.05) is 22.2 Å². The van der Waals surface area contributed by atoms with Gasteiger partial charge in [-0.1, -0.05) is 41.0 Å². The van der Waals surface area contributed by atoms with E-state index in [0.29, 0.717) is 27.9 Å². The molecule has 0 saturated carbocycles. The van der Waals surface area contributed by atoms with Crippen LogP contribution in [0.3, 0.4) is 0 Å². The molecule has 25 heavy (non-hydrogen) atoms. The lowest BCUT2D eigenvalue weighted by Gasteiger charge is -2.03. The number of anilines is 1. The van der Waals surface area contributed by atoms with Crippen LogP contribution >= 0.6 is 11.6 Å². The van der Waals surface area contributed by atoms with Crippen LogP contribution in [0.5, 0.6) is 0 Å². The van der Waals surface area contributed by atoms with E-state index >= 15 is 0 Å². The van der Waals surface area contributed by atoms with Gasteiger partial charge < -0.3 is 14.3 Å². The minimum Gasteiger partial charge on any atom is -0.453 e. The van der Waals surface area contributed by atoms with Crippen LogP contribution in [-0.2, 0) is 11.2 Å². The van der Waals surface area contributed by atoms with Crippen LogP contribution in [-0.4, -0.2) is 11.1 Å². The number of hydrogen-bond donors (Lipinski definition) is 1. The van der Waals surface area contributed by atoms with E-state index in [2.05, 4.69) is 10.5 Å². The highest BCUT2D eigenvalue weighted by Gasteiger charge is 2.14. The normalized spacial score (nSPS) is 10.9. The van der Waals surface area contributed by atoms with E-state index in [9.17, 15) is 4.79 Å². The molecule has 4 aromatic rings. The Bertz CT molecular complexity index is 1020. The molecular formula is C19H13ClN2O3. The van der Waals surface area contributed by atoms with Gasteiger partial charge in [-0.05, 0) is 30.3 Å². The molecule has 1 N–H and O–H groups in total. The predicted molar refractivity (Wildman–Crippen MR) is 95.5 cm³/mol. The highest BCUT2D eigenvalue weighted by atomic mass is 35.5. The molecule has 2 aromatic heterocycles. The number of carbonyl (C=O) groups excluding carboxylic acids is 1. The van der Waals surface area contributed by atoms with Crippen LogP contribution in [0, 0.1) is 0 Å². The van der Waals surface area contributed by atoms with Crippen molar-refractivity contribution in [1.29, 1.82) is 0 Å². The third-order valence-corrected chi connectivity index (χ3v) is 3.91. The Labute approximate surface area is 148 Å². The average molecular weight is 353 g/mol. The van der Waals surface area contributed by atoms with Gasteiger partial charge in [-0.2, -0.15) is 0 Å². The third kappa shape index (κ3) is 3.41. The van der Waals surface area contributed by atoms with Crippen molar-refractivity contribution in [2.45, 2.75) is 6.42 Å². The summed E-state index contributed by atoms with van der Waals surface area (Å²) >= 11 is 5.90. The molecule has 0 aliphatic carbocycles. The Balaban J connectivity index is 1.48. The van der Waals surface area contributed by atoms with E-state index in [1.807, 2.05) is 30.3 Å². The lowest BCUT2D eigenvalue weighted by Crippen LogP contribution is -2.14. The zero-order valence-corrected chi connectivity index (χ0v) is 13.8. The quantitative estimate of drug-likeness (QED) is 0.566. The summed E-state index contributed by atoms with van der Waals surface area (Å²) in [4.78, 5) is 12.1. The second kappa shape index (κ2) is 6.45. The van der Waals surface area contributed by atoms with Gasteiger partial charge in [-0.3, -0.25) is 4.79 Å². The van der Waals surface area contributed by atoms with Crippen LogP contribution in [0.15, 0.2) is 69.6 Å². The molecule has 0 aliphatic heterocycles. The van der Waals surface area contributed by atoms with E-state index in [1.54, 1.807) is 30.3 Å². The SMILES string of the molecule is O=C(Cc1cc(-c2cc3ccccc3o2)on1)Nc1cccc(Cl)c1. The van der Waals surface area contributed by atoms with Crippen molar-refractivity contribution in [3.05, 3.63) is 71.4 Å². The minimum absolute atomic E-state index is 0.0935. The third-order valence-electron chi connectivity index (χ3n) is 3.68. The van der Waals surface area contributed by atoms with Gasteiger partial charge >= 0.3 is 0 Å². The average Bonchev–Trinajstić information content (AvgIpc) is 3.20. The number of halogens is 1. The summed E-state index contributed by atoms with van der Waals surface area (Å²) < 4.78 is 11.0. The van der Waals surface area contributed by atoms with Gasteiger partial charge in [0.2, 0.25) is 11.7 Å². The number of benzene rings is 2. The molecule has 0 unspecified atom stereocenters. The topological polar surface area (TPSA) is 68.3 Å². The van der Waals surface area contributed by atoms with Crippen molar-refractivity contribution in [2.75, 3.05) is 5.32 Å². The molecule has 0 aliphatic rings. The Morgan fingerprint density at radius 1 is 1.04 bits per heavy atom. The summed E-state index contributed by atoms with van der Waals surface area (Å²) in [6.45, 7) is 0. The van der Waals surface area contributed by atoms with Crippen LogP contribution < -0.4 is 5.32 Å². The number of aromatic nitrogens is 1. The summed E-state index contributed by atoms with van der Waals surface area (Å²) in [5.74, 6) is 0.865. The number of fused-ring (bicyclic) bond motifs is 1. The number of nitrogens with one attached hydrogen (secondary N) is 1. The second-order valence-electron chi connectivity index (χ2n) is 5.57. The fourth-order valence-electron chi connectivity index (χ4n) is 2.55. The number of furan rings is 1. The Morgan fingerprint density at radius 3 is 2.76 bits per heavy atom. The maximum Gasteiger partial charge on any atom is 0.230 e. The summed E-state index contributed by atoms with van der Waals surface area (Å²) in [7, 11) is 0. The predicted octanol–water partition coefficient (Wildman–Crippen LogP) is 4.92. The van der Waals surface area contributed by atoms with Gasteiger partial charge in [0.05, 0.1) is 12.1 Å². The largest absolute Gasteiger partial charge is 0.453 e. The van der Waals surface area contributed by atoms with E-state index in [1.165, 1.54) is 0 Å². The molecule has 0 fully saturated rings. The molecule has 1 amide bonds. The van der Waals surface area contributed by atoms with Crippen molar-refractivity contribution >= 4 is 34.2 Å². The molecule has 0 radical (unpaired) electrons. The lowest BCUT2D eigenvalue weighted by molar-refractivity contribution is -0.115. The van der Waals surface area contributed by atoms with Gasteiger partial charge in [0.1, 0.15) is 5.58 Å². The van der Waals surface area contributed by atoms with Crippen molar-refractivity contribution < 1.29 is 13.7 Å². The molecule has 0 atom stereocenters. The first-order chi connectivity index (χ1) is 12.2. The molecule has 0 spiro atoms. The van der Waals surface area contributed by atoms with E-state index in [0.717, 1.165) is 11.0 Å². The molecule has 6 heteroatoms. The van der Waals surface area contributed by atoms with E-state index < -0.39 is 0 Å². The van der Waals surface area contributed by atoms with Gasteiger partial charge in [-0.25, -0.2) is 0 Å². The number of rotatable bonds is 4. The maximum atomic E-state index is 12.1. The molecule has 2 aromatic carbocycles. The van der Waals surface area contributed by atoms with E-state index in [4.69, 9.17) is 20.5 Å². The summed E-state index contributed by atoms with van der Waals surface area (Å²) in [6, 6.07) is 18.2. The van der Waals surface area contributed by atoms with Crippen molar-refractivity contribution in [3.8, 4) is 11.5 Å². The second-order valence-corrected chi connectivity index (χ2v) is 6.00. The molecule has 2 heterocycles. The van der Waals surface area contributed by atoms with Crippen molar-refractivity contribution in [1.82, 2.24) is 5.16 Å². The molecular weight excluding hydrogens is 340 g/mol. The van der Waals surface area contributed by atoms with E-state index in [-0.39, 0.29) is 12.3 Å². The molecule has 0 saturated heterocycles. The highest BCUT2D eigenvalue weighted by molar-refractivity contribution is 6.30. The number of hydrogen-bond acceptors (Lipinski definition) is 4. The number of amides is 1. The molecule has 5 nitrogen and oxygen atoms in total. The van der Waals surface area contributed by atoms with Crippen molar-refractivity contribution in [2.24, 2.45) is 0 Å². The number of nitrogens with zero attached hydrogens (tertiary/aromatic N) is 1. The summed E-state index contributed by atoms with van der Waals surface area (Å²) in [6.07, 6.45) is 0.0935. The molecule has 124 valence electrons. The monoisotopic (exact) mass is 352 g/mol. The lowest BCUT2D eigenvalue weighted by atomic mass is 10.2. The highest BCUT2D eigenvalue weighted by Crippen LogP contribution is 2.28. The minimum atomic E-state index is -0.202. The summed E-state index contributed by atoms with van der Waals surface area (Å²) in [5, 5.41) is 8.26. The first-order valence-electron chi connectivity index (χ1n) is 7.67. The first kappa shape index (κ1) is 15.5. The smallest absolute Gasteiger partial charge is 0.230 e. The zero-order valence-electron chi connectivity index (χ0n) is 13.0. The van der Waals surface area contributed by atoms with Gasteiger partial charge in [-0.15, -0.1) is 0 Å².